The monoisotopic (exact) mass is 332 g/mol. The summed E-state index contributed by atoms with van der Waals surface area (Å²) in [6.45, 7) is 4.37. The van der Waals surface area contributed by atoms with Gasteiger partial charge in [-0.3, -0.25) is 4.79 Å². The summed E-state index contributed by atoms with van der Waals surface area (Å²) in [5.41, 5.74) is 1.03. The molecule has 2 nitrogen and oxygen atoms in total. The van der Waals surface area contributed by atoms with Crippen LogP contribution in [0.1, 0.15) is 90.0 Å². The zero-order chi connectivity index (χ0) is 17.5. The Kier molecular flexibility index (Phi) is 12.2. The number of hydrogen-bond acceptors (Lipinski definition) is 2. The maximum absolute atomic E-state index is 12.0. The zero-order valence-electron chi connectivity index (χ0n) is 15.8. The van der Waals surface area contributed by atoms with Gasteiger partial charge in [-0.05, 0) is 24.8 Å². The molecule has 0 N–H and O–H groups in total. The maximum atomic E-state index is 12.0. The number of esters is 1. The molecule has 0 saturated carbocycles. The molecule has 0 spiro atoms. The van der Waals surface area contributed by atoms with E-state index in [1.807, 2.05) is 30.3 Å². The van der Waals surface area contributed by atoms with Crippen LogP contribution in [0, 0.1) is 0 Å². The van der Waals surface area contributed by atoms with Gasteiger partial charge in [-0.15, -0.1) is 0 Å². The van der Waals surface area contributed by atoms with Crippen molar-refractivity contribution in [2.75, 3.05) is 0 Å². The number of hydrogen-bond donors (Lipinski definition) is 0. The Morgan fingerprint density at radius 3 is 2.04 bits per heavy atom. The Morgan fingerprint density at radius 1 is 0.875 bits per heavy atom. The van der Waals surface area contributed by atoms with E-state index in [1.54, 1.807) is 0 Å². The van der Waals surface area contributed by atoms with Gasteiger partial charge in [0, 0.05) is 0 Å². The molecule has 1 aromatic rings. The number of benzene rings is 1. The second-order valence-electron chi connectivity index (χ2n) is 6.80. The molecular weight excluding hydrogens is 296 g/mol. The number of carbonyl (C=O) groups is 1. The number of carbonyl (C=O) groups excluding carboxylic acids is 1. The van der Waals surface area contributed by atoms with E-state index in [0.717, 1.165) is 18.4 Å². The molecule has 0 amide bonds. The van der Waals surface area contributed by atoms with E-state index in [-0.39, 0.29) is 12.1 Å². The summed E-state index contributed by atoms with van der Waals surface area (Å²) in [6, 6.07) is 9.84. The summed E-state index contributed by atoms with van der Waals surface area (Å²) in [4.78, 5) is 12.0. The molecule has 2 heteroatoms. The van der Waals surface area contributed by atoms with Crippen molar-refractivity contribution in [3.8, 4) is 0 Å². The standard InChI is InChI=1S/C22H36O2/c1-3-5-6-7-8-9-10-11-15-18-21(4-2)24-22(23)19-20-16-13-12-14-17-20/h12-14,16-17,21H,3-11,15,18-19H2,1-2H3. The molecule has 1 atom stereocenters. The molecular formula is C22H36O2. The van der Waals surface area contributed by atoms with E-state index >= 15 is 0 Å². The predicted molar refractivity (Wildman–Crippen MR) is 102 cm³/mol. The third kappa shape index (κ3) is 10.5. The molecule has 0 aromatic heterocycles. The highest BCUT2D eigenvalue weighted by Gasteiger charge is 2.12. The summed E-state index contributed by atoms with van der Waals surface area (Å²) in [6.07, 6.45) is 14.4. The number of unbranched alkanes of at least 4 members (excludes halogenated alkanes) is 8. The number of ether oxygens (including phenoxy) is 1. The largest absolute Gasteiger partial charge is 0.462 e. The molecule has 0 radical (unpaired) electrons. The van der Waals surface area contributed by atoms with E-state index < -0.39 is 0 Å². The molecule has 0 fully saturated rings. The van der Waals surface area contributed by atoms with E-state index in [0.29, 0.717) is 6.42 Å². The minimum Gasteiger partial charge on any atom is -0.462 e. The van der Waals surface area contributed by atoms with Crippen LogP contribution in [-0.4, -0.2) is 12.1 Å². The lowest BCUT2D eigenvalue weighted by Crippen LogP contribution is -2.19. The fraction of sp³-hybridized carbons (Fsp3) is 0.682. The minimum absolute atomic E-state index is 0.0887. The van der Waals surface area contributed by atoms with Crippen molar-refractivity contribution >= 4 is 5.97 Å². The van der Waals surface area contributed by atoms with Gasteiger partial charge in [-0.1, -0.05) is 95.5 Å². The highest BCUT2D eigenvalue weighted by atomic mass is 16.5. The van der Waals surface area contributed by atoms with Gasteiger partial charge in [0.25, 0.3) is 0 Å². The van der Waals surface area contributed by atoms with Gasteiger partial charge in [0.1, 0.15) is 6.10 Å². The summed E-state index contributed by atoms with van der Waals surface area (Å²) >= 11 is 0. The van der Waals surface area contributed by atoms with Crippen molar-refractivity contribution in [1.29, 1.82) is 0 Å². The molecule has 0 aliphatic carbocycles. The maximum Gasteiger partial charge on any atom is 0.310 e. The van der Waals surface area contributed by atoms with Crippen LogP contribution in [0.4, 0.5) is 0 Å². The van der Waals surface area contributed by atoms with Crippen molar-refractivity contribution in [3.05, 3.63) is 35.9 Å². The zero-order valence-corrected chi connectivity index (χ0v) is 15.8. The van der Waals surface area contributed by atoms with Crippen LogP contribution < -0.4 is 0 Å². The average molecular weight is 333 g/mol. The van der Waals surface area contributed by atoms with Gasteiger partial charge in [-0.2, -0.15) is 0 Å². The summed E-state index contributed by atoms with van der Waals surface area (Å²) < 4.78 is 5.64. The van der Waals surface area contributed by atoms with Crippen LogP contribution in [0.25, 0.3) is 0 Å². The van der Waals surface area contributed by atoms with Crippen LogP contribution in [0.15, 0.2) is 30.3 Å². The third-order valence-electron chi connectivity index (χ3n) is 4.57. The fourth-order valence-electron chi connectivity index (χ4n) is 3.02. The molecule has 1 unspecified atom stereocenters. The Morgan fingerprint density at radius 2 is 1.46 bits per heavy atom. The Hall–Kier alpha value is -1.31. The van der Waals surface area contributed by atoms with Crippen molar-refractivity contribution < 1.29 is 9.53 Å². The Bertz CT molecular complexity index is 413. The lowest BCUT2D eigenvalue weighted by molar-refractivity contribution is -0.148. The SMILES string of the molecule is CCCCCCCCCCCC(CC)OC(=O)Cc1ccccc1. The summed E-state index contributed by atoms with van der Waals surface area (Å²) in [7, 11) is 0. The second kappa shape index (κ2) is 14.1. The topological polar surface area (TPSA) is 26.3 Å². The van der Waals surface area contributed by atoms with Crippen molar-refractivity contribution in [3.63, 3.8) is 0 Å². The van der Waals surface area contributed by atoms with Gasteiger partial charge in [-0.25, -0.2) is 0 Å². The molecule has 0 bridgehead atoms. The van der Waals surface area contributed by atoms with Crippen LogP contribution in [0.3, 0.4) is 0 Å². The van der Waals surface area contributed by atoms with E-state index in [9.17, 15) is 4.79 Å². The summed E-state index contributed by atoms with van der Waals surface area (Å²) in [5.74, 6) is -0.0935. The minimum atomic E-state index is -0.0935. The van der Waals surface area contributed by atoms with Gasteiger partial charge in [0.15, 0.2) is 0 Å². The first kappa shape index (κ1) is 20.7. The van der Waals surface area contributed by atoms with Gasteiger partial charge in [0.2, 0.25) is 0 Å². The first-order chi connectivity index (χ1) is 11.8. The molecule has 0 aliphatic rings. The predicted octanol–water partition coefficient (Wildman–Crippen LogP) is 6.47. The van der Waals surface area contributed by atoms with Crippen LogP contribution in [0.2, 0.25) is 0 Å². The molecule has 1 rings (SSSR count). The highest BCUT2D eigenvalue weighted by molar-refractivity contribution is 5.72. The smallest absolute Gasteiger partial charge is 0.310 e. The average Bonchev–Trinajstić information content (AvgIpc) is 2.60. The molecule has 24 heavy (non-hydrogen) atoms. The van der Waals surface area contributed by atoms with Crippen LogP contribution >= 0.6 is 0 Å². The first-order valence-corrected chi connectivity index (χ1v) is 9.99. The first-order valence-electron chi connectivity index (χ1n) is 9.99. The molecule has 136 valence electrons. The van der Waals surface area contributed by atoms with Crippen molar-refractivity contribution in [2.24, 2.45) is 0 Å². The Labute approximate surface area is 149 Å². The fourth-order valence-corrected chi connectivity index (χ4v) is 3.02. The van der Waals surface area contributed by atoms with E-state index in [2.05, 4.69) is 13.8 Å². The lowest BCUT2D eigenvalue weighted by Gasteiger charge is -2.16. The highest BCUT2D eigenvalue weighted by Crippen LogP contribution is 2.14. The molecule has 0 saturated heterocycles. The molecule has 1 aromatic carbocycles. The second-order valence-corrected chi connectivity index (χ2v) is 6.80. The normalized spacial score (nSPS) is 12.1. The Balaban J connectivity index is 2.06. The quantitative estimate of drug-likeness (QED) is 0.288. The van der Waals surface area contributed by atoms with Gasteiger partial charge < -0.3 is 4.74 Å². The van der Waals surface area contributed by atoms with E-state index in [4.69, 9.17) is 4.74 Å². The summed E-state index contributed by atoms with van der Waals surface area (Å²) in [5, 5.41) is 0. The molecule has 0 aliphatic heterocycles. The molecule has 0 heterocycles. The van der Waals surface area contributed by atoms with Gasteiger partial charge >= 0.3 is 5.97 Å². The van der Waals surface area contributed by atoms with Crippen molar-refractivity contribution in [1.82, 2.24) is 0 Å². The van der Waals surface area contributed by atoms with Crippen molar-refractivity contribution in [2.45, 2.75) is 97.0 Å². The van der Waals surface area contributed by atoms with Gasteiger partial charge in [0.05, 0.1) is 6.42 Å². The van der Waals surface area contributed by atoms with E-state index in [1.165, 1.54) is 57.8 Å². The third-order valence-corrected chi connectivity index (χ3v) is 4.57. The van der Waals surface area contributed by atoms with Crippen LogP contribution in [0.5, 0.6) is 0 Å². The number of rotatable bonds is 14. The lowest BCUT2D eigenvalue weighted by atomic mass is 10.0. The van der Waals surface area contributed by atoms with Crippen LogP contribution in [-0.2, 0) is 16.0 Å².